The van der Waals surface area contributed by atoms with Crippen LogP contribution in [-0.2, 0) is 17.8 Å². The van der Waals surface area contributed by atoms with E-state index in [0.29, 0.717) is 6.10 Å². The van der Waals surface area contributed by atoms with Gasteiger partial charge in [-0.05, 0) is 49.3 Å². The van der Waals surface area contributed by atoms with Gasteiger partial charge >= 0.3 is 0 Å². The van der Waals surface area contributed by atoms with Gasteiger partial charge in [-0.3, -0.25) is 9.89 Å². The standard InChI is InChI=1S/C21H34N4O/c1-17-5-3-11-25(15-17)16-19-9-7-18(8-10-19)13-23-21(22-2)24-14-20-6-4-12-26-20/h7-10,17,20H,3-6,11-16H2,1-2H3,(H2,22,23,24). The minimum absolute atomic E-state index is 0.324. The number of ether oxygens (including phenoxy) is 1. The number of hydrogen-bond donors (Lipinski definition) is 2. The fourth-order valence-corrected chi connectivity index (χ4v) is 3.87. The number of likely N-dealkylation sites (tertiary alicyclic amines) is 1. The summed E-state index contributed by atoms with van der Waals surface area (Å²) in [7, 11) is 1.81. The van der Waals surface area contributed by atoms with E-state index in [4.69, 9.17) is 4.74 Å². The van der Waals surface area contributed by atoms with Crippen molar-refractivity contribution in [3.05, 3.63) is 35.4 Å². The first-order valence-corrected chi connectivity index (χ1v) is 10.1. The summed E-state index contributed by atoms with van der Waals surface area (Å²) in [6, 6.07) is 8.98. The van der Waals surface area contributed by atoms with Crippen molar-refractivity contribution in [3.8, 4) is 0 Å². The molecule has 1 aromatic rings. The van der Waals surface area contributed by atoms with Crippen LogP contribution in [0.3, 0.4) is 0 Å². The lowest BCUT2D eigenvalue weighted by Crippen LogP contribution is -2.40. The van der Waals surface area contributed by atoms with Crippen molar-refractivity contribution < 1.29 is 4.74 Å². The van der Waals surface area contributed by atoms with E-state index >= 15 is 0 Å². The maximum absolute atomic E-state index is 5.64. The maximum atomic E-state index is 5.64. The Balaban J connectivity index is 1.41. The lowest BCUT2D eigenvalue weighted by atomic mass is 9.99. The van der Waals surface area contributed by atoms with E-state index in [1.807, 2.05) is 7.05 Å². The lowest BCUT2D eigenvalue weighted by Gasteiger charge is -2.30. The fraction of sp³-hybridized carbons (Fsp3) is 0.667. The second kappa shape index (κ2) is 9.93. The average molecular weight is 359 g/mol. The Morgan fingerprint density at radius 1 is 1.15 bits per heavy atom. The van der Waals surface area contributed by atoms with E-state index in [-0.39, 0.29) is 0 Å². The van der Waals surface area contributed by atoms with Gasteiger partial charge in [0.2, 0.25) is 0 Å². The largest absolute Gasteiger partial charge is 0.376 e. The molecule has 2 saturated heterocycles. The molecule has 2 fully saturated rings. The molecule has 0 aromatic heterocycles. The van der Waals surface area contributed by atoms with Crippen LogP contribution in [0.15, 0.2) is 29.3 Å². The fourth-order valence-electron chi connectivity index (χ4n) is 3.87. The van der Waals surface area contributed by atoms with E-state index in [2.05, 4.69) is 51.7 Å². The Morgan fingerprint density at radius 2 is 1.96 bits per heavy atom. The molecule has 1 aromatic carbocycles. The number of rotatable bonds is 6. The van der Waals surface area contributed by atoms with Gasteiger partial charge < -0.3 is 15.4 Å². The molecule has 0 radical (unpaired) electrons. The van der Waals surface area contributed by atoms with Gasteiger partial charge in [-0.25, -0.2) is 0 Å². The Morgan fingerprint density at radius 3 is 2.65 bits per heavy atom. The van der Waals surface area contributed by atoms with Crippen LogP contribution < -0.4 is 10.6 Å². The zero-order chi connectivity index (χ0) is 18.2. The van der Waals surface area contributed by atoms with Crippen molar-refractivity contribution in [3.63, 3.8) is 0 Å². The van der Waals surface area contributed by atoms with Gasteiger partial charge in [0.05, 0.1) is 6.10 Å². The first kappa shape index (κ1) is 19.2. The van der Waals surface area contributed by atoms with Crippen molar-refractivity contribution in [2.45, 2.75) is 51.8 Å². The summed E-state index contributed by atoms with van der Waals surface area (Å²) in [6.45, 7) is 8.40. The Bertz CT molecular complexity index is 566. The highest BCUT2D eigenvalue weighted by Crippen LogP contribution is 2.18. The minimum Gasteiger partial charge on any atom is -0.376 e. The highest BCUT2D eigenvalue weighted by atomic mass is 16.5. The van der Waals surface area contributed by atoms with E-state index < -0.39 is 0 Å². The number of guanidine groups is 1. The van der Waals surface area contributed by atoms with Crippen LogP contribution in [-0.4, -0.2) is 50.3 Å². The number of piperidine rings is 1. The van der Waals surface area contributed by atoms with Crippen molar-refractivity contribution in [2.75, 3.05) is 33.3 Å². The third-order valence-corrected chi connectivity index (χ3v) is 5.38. The van der Waals surface area contributed by atoms with Gasteiger partial charge in [0, 0.05) is 39.8 Å². The van der Waals surface area contributed by atoms with E-state index in [1.165, 1.54) is 43.5 Å². The number of nitrogens with zero attached hydrogens (tertiary/aromatic N) is 2. The van der Waals surface area contributed by atoms with Crippen LogP contribution in [0.2, 0.25) is 0 Å². The van der Waals surface area contributed by atoms with Crippen molar-refractivity contribution in [1.82, 2.24) is 15.5 Å². The molecule has 0 amide bonds. The number of nitrogens with one attached hydrogen (secondary N) is 2. The molecule has 0 saturated carbocycles. The SMILES string of the molecule is CN=C(NCc1ccc(CN2CCCC(C)C2)cc1)NCC1CCCO1. The summed E-state index contributed by atoms with van der Waals surface area (Å²) in [5.41, 5.74) is 2.68. The van der Waals surface area contributed by atoms with Gasteiger partial charge in [0.25, 0.3) is 0 Å². The van der Waals surface area contributed by atoms with Crippen LogP contribution in [0.4, 0.5) is 0 Å². The molecule has 3 rings (SSSR count). The second-order valence-electron chi connectivity index (χ2n) is 7.74. The summed E-state index contributed by atoms with van der Waals surface area (Å²) in [5, 5.41) is 6.75. The summed E-state index contributed by atoms with van der Waals surface area (Å²) < 4.78 is 5.64. The van der Waals surface area contributed by atoms with Crippen molar-refractivity contribution in [2.24, 2.45) is 10.9 Å². The molecule has 2 N–H and O–H groups in total. The first-order chi connectivity index (χ1) is 12.7. The average Bonchev–Trinajstić information content (AvgIpc) is 3.17. The highest BCUT2D eigenvalue weighted by molar-refractivity contribution is 5.79. The molecule has 2 aliphatic heterocycles. The van der Waals surface area contributed by atoms with Crippen molar-refractivity contribution in [1.29, 1.82) is 0 Å². The Hall–Kier alpha value is -1.59. The van der Waals surface area contributed by atoms with Crippen LogP contribution in [0.1, 0.15) is 43.7 Å². The molecule has 0 bridgehead atoms. The molecule has 26 heavy (non-hydrogen) atoms. The van der Waals surface area contributed by atoms with Crippen LogP contribution in [0.25, 0.3) is 0 Å². The molecule has 0 aliphatic carbocycles. The molecular weight excluding hydrogens is 324 g/mol. The highest BCUT2D eigenvalue weighted by Gasteiger charge is 2.16. The smallest absolute Gasteiger partial charge is 0.191 e. The third kappa shape index (κ3) is 5.99. The summed E-state index contributed by atoms with van der Waals surface area (Å²) >= 11 is 0. The zero-order valence-electron chi connectivity index (χ0n) is 16.3. The molecule has 2 aliphatic rings. The lowest BCUT2D eigenvalue weighted by molar-refractivity contribution is 0.114. The molecular formula is C21H34N4O. The first-order valence-electron chi connectivity index (χ1n) is 10.1. The molecule has 144 valence electrons. The maximum Gasteiger partial charge on any atom is 0.191 e. The van der Waals surface area contributed by atoms with E-state index in [0.717, 1.165) is 44.5 Å². The molecule has 0 spiro atoms. The second-order valence-corrected chi connectivity index (χ2v) is 7.74. The molecule has 5 heteroatoms. The van der Waals surface area contributed by atoms with Gasteiger partial charge in [0.1, 0.15) is 0 Å². The van der Waals surface area contributed by atoms with E-state index in [1.54, 1.807) is 0 Å². The van der Waals surface area contributed by atoms with Gasteiger partial charge in [-0.15, -0.1) is 0 Å². The Labute approximate surface area is 158 Å². The molecule has 2 atom stereocenters. The van der Waals surface area contributed by atoms with E-state index in [9.17, 15) is 0 Å². The quantitative estimate of drug-likeness (QED) is 0.606. The summed E-state index contributed by atoms with van der Waals surface area (Å²) in [5.74, 6) is 1.67. The predicted molar refractivity (Wildman–Crippen MR) is 107 cm³/mol. The minimum atomic E-state index is 0.324. The molecule has 5 nitrogen and oxygen atoms in total. The molecule has 2 unspecified atom stereocenters. The van der Waals surface area contributed by atoms with Gasteiger partial charge in [-0.1, -0.05) is 31.2 Å². The summed E-state index contributed by atoms with van der Waals surface area (Å²) in [4.78, 5) is 6.88. The van der Waals surface area contributed by atoms with Gasteiger partial charge in [-0.2, -0.15) is 0 Å². The van der Waals surface area contributed by atoms with Crippen LogP contribution in [0.5, 0.6) is 0 Å². The zero-order valence-corrected chi connectivity index (χ0v) is 16.3. The Kier molecular flexibility index (Phi) is 7.32. The number of hydrogen-bond acceptors (Lipinski definition) is 3. The number of aliphatic imine (C=N–C) groups is 1. The van der Waals surface area contributed by atoms with Crippen LogP contribution in [0, 0.1) is 5.92 Å². The number of benzene rings is 1. The van der Waals surface area contributed by atoms with Crippen molar-refractivity contribution >= 4 is 5.96 Å². The predicted octanol–water partition coefficient (Wildman–Crippen LogP) is 2.76. The molecule has 2 heterocycles. The monoisotopic (exact) mass is 358 g/mol. The van der Waals surface area contributed by atoms with Crippen LogP contribution >= 0.6 is 0 Å². The topological polar surface area (TPSA) is 48.9 Å². The van der Waals surface area contributed by atoms with Gasteiger partial charge in [0.15, 0.2) is 5.96 Å². The normalized spacial score (nSPS) is 24.6. The third-order valence-electron chi connectivity index (χ3n) is 5.38. The summed E-state index contributed by atoms with van der Waals surface area (Å²) in [6.07, 6.45) is 5.35.